The maximum atomic E-state index is 12.3. The standard InChI is InChI=1S/C19H16ClN3O4S/c1-27-16-8-11(2-7-14(16)24)10-21-23-19-22-18(26)17(28-19)9-15(25)12-3-5-13(20)6-4-12/h2-8,10,17,24H,9H2,1H3,(H,22,23,26)/b21-10-/t17-/m0/s1. The molecule has 0 unspecified atom stereocenters. The molecule has 1 atom stereocenters. The highest BCUT2D eigenvalue weighted by Crippen LogP contribution is 2.26. The van der Waals surface area contributed by atoms with Crippen molar-refractivity contribution >= 4 is 46.4 Å². The summed E-state index contributed by atoms with van der Waals surface area (Å²) < 4.78 is 5.03. The number of Topliss-reactive ketones (excluding diaryl/α,β-unsaturated/α-hetero) is 1. The van der Waals surface area contributed by atoms with Crippen LogP contribution in [0.15, 0.2) is 52.7 Å². The van der Waals surface area contributed by atoms with Gasteiger partial charge < -0.3 is 15.2 Å². The lowest BCUT2D eigenvalue weighted by Gasteiger charge is -2.04. The molecule has 2 aromatic carbocycles. The van der Waals surface area contributed by atoms with Gasteiger partial charge >= 0.3 is 0 Å². The molecule has 2 N–H and O–H groups in total. The van der Waals surface area contributed by atoms with Gasteiger partial charge in [-0.2, -0.15) is 5.10 Å². The average molecular weight is 418 g/mol. The number of phenols is 1. The zero-order valence-corrected chi connectivity index (χ0v) is 16.3. The Labute approximate surface area is 170 Å². The van der Waals surface area contributed by atoms with Crippen LogP contribution in [0.5, 0.6) is 11.5 Å². The van der Waals surface area contributed by atoms with E-state index in [-0.39, 0.29) is 23.9 Å². The normalized spacial score (nSPS) is 17.9. The predicted molar refractivity (Wildman–Crippen MR) is 110 cm³/mol. The van der Waals surface area contributed by atoms with E-state index < -0.39 is 5.25 Å². The summed E-state index contributed by atoms with van der Waals surface area (Å²) in [4.78, 5) is 24.4. The Hall–Kier alpha value is -2.84. The number of halogens is 1. The summed E-state index contributed by atoms with van der Waals surface area (Å²) in [6, 6.07) is 11.3. The maximum Gasteiger partial charge on any atom is 0.240 e. The molecule has 3 rings (SSSR count). The highest BCUT2D eigenvalue weighted by Gasteiger charge is 2.32. The largest absolute Gasteiger partial charge is 0.504 e. The summed E-state index contributed by atoms with van der Waals surface area (Å²) in [7, 11) is 1.45. The molecule has 1 fully saturated rings. The van der Waals surface area contributed by atoms with Crippen molar-refractivity contribution in [3.8, 4) is 11.5 Å². The number of benzene rings is 2. The Morgan fingerprint density at radius 1 is 1.32 bits per heavy atom. The van der Waals surface area contributed by atoms with Crippen molar-refractivity contribution in [2.45, 2.75) is 11.7 Å². The lowest BCUT2D eigenvalue weighted by atomic mass is 10.1. The number of nitrogens with zero attached hydrogens (tertiary/aromatic N) is 2. The second kappa shape index (κ2) is 8.90. The summed E-state index contributed by atoms with van der Waals surface area (Å²) in [5, 5.41) is 20.4. The van der Waals surface area contributed by atoms with E-state index in [1.54, 1.807) is 36.4 Å². The van der Waals surface area contributed by atoms with Gasteiger partial charge in [0.2, 0.25) is 5.91 Å². The third kappa shape index (κ3) is 4.90. The Bertz CT molecular complexity index is 960. The van der Waals surface area contributed by atoms with E-state index in [0.29, 0.717) is 27.1 Å². The highest BCUT2D eigenvalue weighted by atomic mass is 35.5. The molecular formula is C19H16ClN3O4S. The van der Waals surface area contributed by atoms with Crippen molar-refractivity contribution in [3.05, 3.63) is 58.6 Å². The maximum absolute atomic E-state index is 12.3. The van der Waals surface area contributed by atoms with Crippen LogP contribution in [-0.2, 0) is 4.79 Å². The average Bonchev–Trinajstić information content (AvgIpc) is 3.02. The molecular weight excluding hydrogens is 402 g/mol. The molecule has 9 heteroatoms. The SMILES string of the molecule is COc1cc(/C=N\N=C2\NC(=O)[C@H](CC(=O)c3ccc(Cl)cc3)S2)ccc1O. The molecule has 144 valence electrons. The first-order valence-electron chi connectivity index (χ1n) is 8.20. The minimum absolute atomic E-state index is 0.0257. The monoisotopic (exact) mass is 417 g/mol. The number of phenolic OH excluding ortho intramolecular Hbond substituents is 1. The fourth-order valence-corrected chi connectivity index (χ4v) is 3.48. The van der Waals surface area contributed by atoms with Crippen molar-refractivity contribution < 1.29 is 19.4 Å². The molecule has 0 aromatic heterocycles. The fourth-order valence-electron chi connectivity index (χ4n) is 2.43. The minimum atomic E-state index is -0.564. The van der Waals surface area contributed by atoms with Crippen LogP contribution >= 0.6 is 23.4 Å². The van der Waals surface area contributed by atoms with Crippen LogP contribution in [0, 0.1) is 0 Å². The number of ether oxygens (including phenoxy) is 1. The van der Waals surface area contributed by atoms with Crippen LogP contribution in [0.4, 0.5) is 0 Å². The second-order valence-corrected chi connectivity index (χ2v) is 7.44. The van der Waals surface area contributed by atoms with Gasteiger partial charge in [0.1, 0.15) is 0 Å². The number of carbonyl (C=O) groups excluding carboxylic acids is 2. The number of rotatable bonds is 6. The molecule has 0 bridgehead atoms. The molecule has 1 aliphatic rings. The number of aromatic hydroxyl groups is 1. The van der Waals surface area contributed by atoms with Gasteiger partial charge in [0.05, 0.1) is 18.6 Å². The summed E-state index contributed by atoms with van der Waals surface area (Å²) >= 11 is 6.97. The minimum Gasteiger partial charge on any atom is -0.504 e. The Morgan fingerprint density at radius 3 is 2.79 bits per heavy atom. The molecule has 28 heavy (non-hydrogen) atoms. The van der Waals surface area contributed by atoms with Crippen LogP contribution in [0.1, 0.15) is 22.3 Å². The number of nitrogens with one attached hydrogen (secondary N) is 1. The molecule has 1 heterocycles. The Kier molecular flexibility index (Phi) is 6.33. The lowest BCUT2D eigenvalue weighted by molar-refractivity contribution is -0.118. The number of hydrogen-bond acceptors (Lipinski definition) is 7. The number of hydrogen-bond donors (Lipinski definition) is 2. The molecule has 1 amide bonds. The molecule has 0 radical (unpaired) electrons. The van der Waals surface area contributed by atoms with Crippen LogP contribution < -0.4 is 10.1 Å². The lowest BCUT2D eigenvalue weighted by Crippen LogP contribution is -2.26. The van der Waals surface area contributed by atoms with Crippen LogP contribution in [-0.4, -0.2) is 40.5 Å². The summed E-state index contributed by atoms with van der Waals surface area (Å²) in [6.07, 6.45) is 1.52. The van der Waals surface area contributed by atoms with Crippen molar-refractivity contribution in [1.82, 2.24) is 5.32 Å². The molecule has 7 nitrogen and oxygen atoms in total. The molecule has 1 saturated heterocycles. The number of carbonyl (C=O) groups is 2. The molecule has 0 aliphatic carbocycles. The fraction of sp³-hybridized carbons (Fsp3) is 0.158. The van der Waals surface area contributed by atoms with Crippen LogP contribution in [0.3, 0.4) is 0 Å². The van der Waals surface area contributed by atoms with E-state index in [0.717, 1.165) is 11.8 Å². The number of ketones is 1. The summed E-state index contributed by atoms with van der Waals surface area (Å²) in [6.45, 7) is 0. The van der Waals surface area contributed by atoms with Gasteiger partial charge in [-0.05, 0) is 48.0 Å². The van der Waals surface area contributed by atoms with Gasteiger partial charge in [-0.3, -0.25) is 9.59 Å². The molecule has 1 aliphatic heterocycles. The first-order valence-corrected chi connectivity index (χ1v) is 9.46. The third-order valence-electron chi connectivity index (χ3n) is 3.87. The van der Waals surface area contributed by atoms with Crippen molar-refractivity contribution in [2.75, 3.05) is 7.11 Å². The predicted octanol–water partition coefficient (Wildman–Crippen LogP) is 3.25. The first-order chi connectivity index (χ1) is 13.5. The van der Waals surface area contributed by atoms with Gasteiger partial charge in [0, 0.05) is 17.0 Å². The van der Waals surface area contributed by atoms with Gasteiger partial charge in [0.25, 0.3) is 0 Å². The van der Waals surface area contributed by atoms with E-state index in [9.17, 15) is 14.7 Å². The number of methoxy groups -OCH3 is 1. The van der Waals surface area contributed by atoms with Crippen molar-refractivity contribution in [1.29, 1.82) is 0 Å². The summed E-state index contributed by atoms with van der Waals surface area (Å²) in [5.41, 5.74) is 1.17. The van der Waals surface area contributed by atoms with Gasteiger partial charge in [-0.25, -0.2) is 0 Å². The van der Waals surface area contributed by atoms with Gasteiger partial charge in [0.15, 0.2) is 22.4 Å². The number of amides is 1. The van der Waals surface area contributed by atoms with Crippen LogP contribution in [0.2, 0.25) is 5.02 Å². The highest BCUT2D eigenvalue weighted by molar-refractivity contribution is 8.15. The topological polar surface area (TPSA) is 100 Å². The zero-order chi connectivity index (χ0) is 20.1. The van der Waals surface area contributed by atoms with E-state index in [1.807, 2.05) is 0 Å². The van der Waals surface area contributed by atoms with E-state index in [2.05, 4.69) is 15.5 Å². The van der Waals surface area contributed by atoms with Crippen molar-refractivity contribution in [3.63, 3.8) is 0 Å². The van der Waals surface area contributed by atoms with E-state index >= 15 is 0 Å². The van der Waals surface area contributed by atoms with E-state index in [1.165, 1.54) is 19.4 Å². The molecule has 0 saturated carbocycles. The van der Waals surface area contributed by atoms with Gasteiger partial charge in [-0.1, -0.05) is 23.4 Å². The zero-order valence-electron chi connectivity index (χ0n) is 14.8. The Balaban J connectivity index is 1.62. The second-order valence-electron chi connectivity index (χ2n) is 5.81. The first kappa shape index (κ1) is 19.9. The molecule has 0 spiro atoms. The van der Waals surface area contributed by atoms with Crippen molar-refractivity contribution in [2.24, 2.45) is 10.2 Å². The smallest absolute Gasteiger partial charge is 0.240 e. The Morgan fingerprint density at radius 2 is 2.07 bits per heavy atom. The summed E-state index contributed by atoms with van der Waals surface area (Å²) in [5.74, 6) is -0.0866. The van der Waals surface area contributed by atoms with Crippen LogP contribution in [0.25, 0.3) is 0 Å². The number of amidine groups is 1. The number of thioether (sulfide) groups is 1. The van der Waals surface area contributed by atoms with Gasteiger partial charge in [-0.15, -0.1) is 5.10 Å². The quantitative estimate of drug-likeness (QED) is 0.427. The molecule has 2 aromatic rings. The third-order valence-corrected chi connectivity index (χ3v) is 5.20. The van der Waals surface area contributed by atoms with E-state index in [4.69, 9.17) is 16.3 Å².